The highest BCUT2D eigenvalue weighted by Crippen LogP contribution is 2.10. The van der Waals surface area contributed by atoms with Gasteiger partial charge in [-0.3, -0.25) is 0 Å². The van der Waals surface area contributed by atoms with Gasteiger partial charge in [0.2, 0.25) is 0 Å². The molecule has 0 aromatic heterocycles. The Kier molecular flexibility index (Phi) is 3.78. The van der Waals surface area contributed by atoms with Gasteiger partial charge in [0.15, 0.2) is 0 Å². The van der Waals surface area contributed by atoms with Gasteiger partial charge in [0, 0.05) is 14.6 Å². The van der Waals surface area contributed by atoms with E-state index in [0.717, 1.165) is 6.54 Å². The van der Waals surface area contributed by atoms with Crippen molar-refractivity contribution < 1.29 is 0 Å². The third kappa shape index (κ3) is 7.89. The van der Waals surface area contributed by atoms with E-state index in [1.807, 2.05) is 0 Å². The smallest absolute Gasteiger partial charge is 0.0443 e. The lowest BCUT2D eigenvalue weighted by Crippen LogP contribution is -2.18. The average Bonchev–Trinajstić information content (AvgIpc) is 1.63. The summed E-state index contributed by atoms with van der Waals surface area (Å²) in [5.74, 6) is 0. The molecule has 1 nitrogen and oxygen atoms in total. The maximum atomic E-state index is 3.81. The lowest BCUT2D eigenvalue weighted by molar-refractivity contribution is 0.919. The number of aliphatic imine (C=N–C) groups is 1. The molecule has 0 saturated carbocycles. The maximum Gasteiger partial charge on any atom is 0.0443 e. The van der Waals surface area contributed by atoms with Crippen molar-refractivity contribution in [2.75, 3.05) is 6.54 Å². The monoisotopic (exact) mass is 143 g/mol. The minimum absolute atomic E-state index is 0.782. The molecule has 0 aliphatic rings. The fourth-order valence-electron chi connectivity index (χ4n) is 0.721. The van der Waals surface area contributed by atoms with Gasteiger partial charge in [0.05, 0.1) is 0 Å². The summed E-state index contributed by atoms with van der Waals surface area (Å²) >= 11 is 0. The molecule has 0 atom stereocenters. The van der Waals surface area contributed by atoms with Crippen LogP contribution in [0.1, 0.15) is 6.42 Å². The molecule has 0 aromatic carbocycles. The molecule has 0 heterocycles. The van der Waals surface area contributed by atoms with Crippen molar-refractivity contribution in [1.82, 2.24) is 0 Å². The Balaban J connectivity index is 3.17. The van der Waals surface area contributed by atoms with Crippen LogP contribution < -0.4 is 0 Å². The van der Waals surface area contributed by atoms with Gasteiger partial charge in [-0.1, -0.05) is 25.7 Å². The molecular weight excluding hydrogens is 126 g/mol. The Morgan fingerprint density at radius 1 is 1.33 bits per heavy atom. The first-order valence-electron chi connectivity index (χ1n) is 3.49. The minimum Gasteiger partial charge on any atom is -0.301 e. The Bertz CT molecular complexity index is 83.4. The summed E-state index contributed by atoms with van der Waals surface area (Å²) in [6.07, 6.45) is 1.24. The first-order chi connectivity index (χ1) is 4.06. The van der Waals surface area contributed by atoms with Crippen LogP contribution in [0.3, 0.4) is 0 Å². The van der Waals surface area contributed by atoms with Crippen molar-refractivity contribution in [2.24, 2.45) is 4.99 Å². The fraction of sp³-hybridized carbons (Fsp3) is 0.857. The number of nitrogens with zero attached hydrogens (tertiary/aromatic N) is 1. The van der Waals surface area contributed by atoms with Crippen molar-refractivity contribution >= 4 is 14.8 Å². The van der Waals surface area contributed by atoms with Crippen molar-refractivity contribution in [2.45, 2.75) is 32.1 Å². The highest BCUT2D eigenvalue weighted by Gasteiger charge is 2.10. The van der Waals surface area contributed by atoms with Gasteiger partial charge in [0.1, 0.15) is 0 Å². The van der Waals surface area contributed by atoms with Crippen LogP contribution in [0.2, 0.25) is 25.7 Å². The molecular formula is C7H17NSi. The molecule has 9 heavy (non-hydrogen) atoms. The molecule has 0 amide bonds. The summed E-state index contributed by atoms with van der Waals surface area (Å²) in [7, 11) is -0.782. The largest absolute Gasteiger partial charge is 0.301 e. The van der Waals surface area contributed by atoms with Crippen molar-refractivity contribution in [3.05, 3.63) is 0 Å². The molecule has 0 spiro atoms. The second-order valence-electron chi connectivity index (χ2n) is 3.61. The normalized spacial score (nSPS) is 11.4. The zero-order valence-electron chi connectivity index (χ0n) is 6.78. The molecule has 0 unspecified atom stereocenters. The Morgan fingerprint density at radius 2 is 1.89 bits per heavy atom. The van der Waals surface area contributed by atoms with Gasteiger partial charge in [-0.25, -0.2) is 0 Å². The van der Waals surface area contributed by atoms with E-state index >= 15 is 0 Å². The topological polar surface area (TPSA) is 12.4 Å². The third-order valence-corrected chi connectivity index (χ3v) is 3.10. The molecule has 0 bridgehead atoms. The van der Waals surface area contributed by atoms with Gasteiger partial charge in [-0.15, -0.1) is 0 Å². The second-order valence-corrected chi connectivity index (χ2v) is 9.23. The molecule has 2 heteroatoms. The van der Waals surface area contributed by atoms with Gasteiger partial charge >= 0.3 is 0 Å². The fourth-order valence-corrected chi connectivity index (χ4v) is 1.94. The quantitative estimate of drug-likeness (QED) is 0.325. The average molecular weight is 143 g/mol. The zero-order chi connectivity index (χ0) is 7.33. The van der Waals surface area contributed by atoms with Crippen LogP contribution in [0.15, 0.2) is 4.99 Å². The van der Waals surface area contributed by atoms with E-state index in [4.69, 9.17) is 0 Å². The van der Waals surface area contributed by atoms with Gasteiger partial charge in [-0.2, -0.15) is 0 Å². The molecule has 0 radical (unpaired) electrons. The van der Waals surface area contributed by atoms with E-state index in [1.165, 1.54) is 12.5 Å². The summed E-state index contributed by atoms with van der Waals surface area (Å²) in [5, 5.41) is 0. The predicted molar refractivity (Wildman–Crippen MR) is 47.2 cm³/mol. The van der Waals surface area contributed by atoms with Crippen LogP contribution in [-0.2, 0) is 0 Å². The maximum absolute atomic E-state index is 3.81. The predicted octanol–water partition coefficient (Wildman–Crippen LogP) is 2.42. The second kappa shape index (κ2) is 3.83. The van der Waals surface area contributed by atoms with Gasteiger partial charge < -0.3 is 4.99 Å². The molecule has 0 aromatic rings. The van der Waals surface area contributed by atoms with E-state index in [2.05, 4.69) is 31.4 Å². The van der Waals surface area contributed by atoms with E-state index < -0.39 is 8.07 Å². The molecule has 0 aliphatic carbocycles. The lowest BCUT2D eigenvalue weighted by Gasteiger charge is -2.13. The van der Waals surface area contributed by atoms with E-state index in [1.54, 1.807) is 0 Å². The van der Waals surface area contributed by atoms with Crippen LogP contribution >= 0.6 is 0 Å². The van der Waals surface area contributed by atoms with Crippen LogP contribution in [0.5, 0.6) is 0 Å². The SMILES string of the molecule is C=NCCC[Si](C)(C)C. The van der Waals surface area contributed by atoms with Crippen LogP contribution in [0.25, 0.3) is 0 Å². The Labute approximate surface area is 59.2 Å². The van der Waals surface area contributed by atoms with E-state index in [0.29, 0.717) is 0 Å². The van der Waals surface area contributed by atoms with Gasteiger partial charge in [0.25, 0.3) is 0 Å². The molecule has 54 valence electrons. The molecule has 0 fully saturated rings. The van der Waals surface area contributed by atoms with Crippen molar-refractivity contribution in [3.8, 4) is 0 Å². The lowest BCUT2D eigenvalue weighted by atomic mass is 10.5. The van der Waals surface area contributed by atoms with Crippen LogP contribution in [-0.4, -0.2) is 21.3 Å². The Hall–Kier alpha value is -0.113. The molecule has 0 rings (SSSR count). The highest BCUT2D eigenvalue weighted by molar-refractivity contribution is 6.76. The van der Waals surface area contributed by atoms with Crippen LogP contribution in [0, 0.1) is 0 Å². The summed E-state index contributed by atoms with van der Waals surface area (Å²) in [6, 6.07) is 1.38. The van der Waals surface area contributed by atoms with E-state index in [9.17, 15) is 0 Å². The molecule has 0 saturated heterocycles. The molecule has 0 N–H and O–H groups in total. The number of hydrogen-bond acceptors (Lipinski definition) is 1. The first-order valence-corrected chi connectivity index (χ1v) is 7.19. The zero-order valence-corrected chi connectivity index (χ0v) is 7.78. The van der Waals surface area contributed by atoms with Crippen molar-refractivity contribution in [3.63, 3.8) is 0 Å². The first kappa shape index (κ1) is 8.89. The summed E-state index contributed by atoms with van der Waals surface area (Å²) < 4.78 is 0. The third-order valence-electron chi connectivity index (χ3n) is 1.24. The van der Waals surface area contributed by atoms with Crippen LogP contribution in [0.4, 0.5) is 0 Å². The summed E-state index contributed by atoms with van der Waals surface area (Å²) in [4.78, 5) is 3.81. The van der Waals surface area contributed by atoms with E-state index in [-0.39, 0.29) is 0 Å². The standard InChI is InChI=1S/C7H17NSi/c1-8-6-5-7-9(2,3)4/h1,5-7H2,2-4H3. The minimum atomic E-state index is -0.782. The highest BCUT2D eigenvalue weighted by atomic mass is 28.3. The number of hydrogen-bond donors (Lipinski definition) is 0. The Morgan fingerprint density at radius 3 is 2.22 bits per heavy atom. The van der Waals surface area contributed by atoms with Crippen molar-refractivity contribution in [1.29, 1.82) is 0 Å². The summed E-state index contributed by atoms with van der Waals surface area (Å²) in [5.41, 5.74) is 0. The number of rotatable bonds is 4. The van der Waals surface area contributed by atoms with Gasteiger partial charge in [-0.05, 0) is 13.1 Å². The molecule has 0 aliphatic heterocycles. The summed E-state index contributed by atoms with van der Waals surface area (Å²) in [6.45, 7) is 11.5.